The zero-order valence-corrected chi connectivity index (χ0v) is 14.2. The molecule has 1 aliphatic rings. The maximum atomic E-state index is 8.98. The topological polar surface area (TPSA) is 79.4 Å². The van der Waals surface area contributed by atoms with Gasteiger partial charge in [-0.25, -0.2) is 4.98 Å². The maximum Gasteiger partial charge on any atom is 0.197 e. The normalized spacial score (nSPS) is 18.1. The van der Waals surface area contributed by atoms with E-state index in [1.807, 2.05) is 12.1 Å². The van der Waals surface area contributed by atoms with Gasteiger partial charge in [-0.3, -0.25) is 0 Å². The lowest BCUT2D eigenvalue weighted by Crippen LogP contribution is -2.30. The lowest BCUT2D eigenvalue weighted by molar-refractivity contribution is 0.414. The van der Waals surface area contributed by atoms with Gasteiger partial charge in [0.2, 0.25) is 0 Å². The van der Waals surface area contributed by atoms with Crippen molar-refractivity contribution in [2.45, 2.75) is 48.8 Å². The number of nitrogens with one attached hydrogen (secondary N) is 1. The molecule has 0 spiro atoms. The van der Waals surface area contributed by atoms with Crippen molar-refractivity contribution >= 4 is 11.8 Å². The molecule has 0 bridgehead atoms. The molecule has 3 rings (SSSR count). The molecule has 1 fully saturated rings. The van der Waals surface area contributed by atoms with E-state index in [0.29, 0.717) is 11.6 Å². The molecule has 0 radical (unpaired) electrons. The van der Waals surface area contributed by atoms with Crippen molar-refractivity contribution in [3.63, 3.8) is 0 Å². The Hall–Kier alpha value is -1.91. The van der Waals surface area contributed by atoms with Gasteiger partial charge >= 0.3 is 0 Å². The first-order chi connectivity index (χ1) is 11.2. The van der Waals surface area contributed by atoms with Crippen molar-refractivity contribution in [1.82, 2.24) is 25.1 Å². The van der Waals surface area contributed by atoms with Gasteiger partial charge in [-0.2, -0.15) is 5.26 Å². The van der Waals surface area contributed by atoms with Gasteiger partial charge in [-0.15, -0.1) is 10.2 Å². The van der Waals surface area contributed by atoms with Crippen LogP contribution < -0.4 is 5.32 Å². The van der Waals surface area contributed by atoms with Crippen LogP contribution in [0.2, 0.25) is 0 Å². The summed E-state index contributed by atoms with van der Waals surface area (Å²) in [6.07, 6.45) is 2.31. The van der Waals surface area contributed by atoms with Crippen LogP contribution in [0.1, 0.15) is 50.2 Å². The van der Waals surface area contributed by atoms with E-state index in [1.165, 1.54) is 18.2 Å². The number of nitriles is 1. The number of nitrogens with zero attached hydrogens (tertiary/aromatic N) is 5. The van der Waals surface area contributed by atoms with E-state index in [1.54, 1.807) is 6.07 Å². The smallest absolute Gasteiger partial charge is 0.197 e. The van der Waals surface area contributed by atoms with Gasteiger partial charge in [-0.05, 0) is 57.1 Å². The number of rotatable bonds is 4. The van der Waals surface area contributed by atoms with E-state index in [9.17, 15) is 0 Å². The van der Waals surface area contributed by atoms with Crippen molar-refractivity contribution < 1.29 is 0 Å². The van der Waals surface area contributed by atoms with Crippen LogP contribution in [0.4, 0.5) is 0 Å². The average Bonchev–Trinajstić information content (AvgIpc) is 2.99. The number of hydrogen-bond acceptors (Lipinski definition) is 6. The van der Waals surface area contributed by atoms with E-state index >= 15 is 0 Å². The number of hydrogen-bond donors (Lipinski definition) is 1. The summed E-state index contributed by atoms with van der Waals surface area (Å²) in [6, 6.07) is 7.80. The highest BCUT2D eigenvalue weighted by atomic mass is 32.2. The van der Waals surface area contributed by atoms with Gasteiger partial charge in [0, 0.05) is 18.5 Å². The molecule has 3 heterocycles. The Labute approximate surface area is 140 Å². The Bertz CT molecular complexity index is 712. The molecule has 1 aliphatic heterocycles. The third-order valence-electron chi connectivity index (χ3n) is 3.90. The minimum atomic E-state index is 0.281. The highest BCUT2D eigenvalue weighted by Crippen LogP contribution is 2.31. The van der Waals surface area contributed by atoms with Gasteiger partial charge in [0.25, 0.3) is 0 Å². The largest absolute Gasteiger partial charge is 0.316 e. The van der Waals surface area contributed by atoms with Gasteiger partial charge in [-0.1, -0.05) is 6.07 Å². The summed E-state index contributed by atoms with van der Waals surface area (Å²) in [5.74, 6) is 1.46. The van der Waals surface area contributed by atoms with Crippen molar-refractivity contribution in [2.75, 3.05) is 13.1 Å². The minimum absolute atomic E-state index is 0.281. The SMILES string of the molecule is CC(C)n1c(Sc2cccc(C#N)n2)nnc1C1CCCNC1. The first-order valence-electron chi connectivity index (χ1n) is 7.89. The lowest BCUT2D eigenvalue weighted by Gasteiger charge is -2.24. The van der Waals surface area contributed by atoms with Crippen LogP contribution in [0.25, 0.3) is 0 Å². The predicted octanol–water partition coefficient (Wildman–Crippen LogP) is 2.74. The second-order valence-corrected chi connectivity index (χ2v) is 6.91. The molecule has 2 aromatic heterocycles. The Morgan fingerprint density at radius 2 is 2.26 bits per heavy atom. The fourth-order valence-electron chi connectivity index (χ4n) is 2.82. The molecule has 6 nitrogen and oxygen atoms in total. The summed E-state index contributed by atoms with van der Waals surface area (Å²) in [5, 5.41) is 22.9. The molecule has 2 aromatic rings. The Morgan fingerprint density at radius 1 is 1.39 bits per heavy atom. The molecule has 1 unspecified atom stereocenters. The van der Waals surface area contributed by atoms with Crippen LogP contribution in [0, 0.1) is 11.3 Å². The molecule has 0 aromatic carbocycles. The molecular formula is C16H20N6S. The molecule has 7 heteroatoms. The van der Waals surface area contributed by atoms with Crippen LogP contribution in [0.3, 0.4) is 0 Å². The quantitative estimate of drug-likeness (QED) is 0.929. The monoisotopic (exact) mass is 328 g/mol. The summed E-state index contributed by atoms with van der Waals surface area (Å²) < 4.78 is 2.20. The fraction of sp³-hybridized carbons (Fsp3) is 0.500. The molecule has 0 amide bonds. The highest BCUT2D eigenvalue weighted by Gasteiger charge is 2.25. The first kappa shape index (κ1) is 16.0. The van der Waals surface area contributed by atoms with Crippen molar-refractivity contribution in [3.8, 4) is 6.07 Å². The van der Waals surface area contributed by atoms with E-state index < -0.39 is 0 Å². The van der Waals surface area contributed by atoms with Crippen LogP contribution in [-0.4, -0.2) is 32.8 Å². The van der Waals surface area contributed by atoms with Gasteiger partial charge in [0.05, 0.1) is 0 Å². The molecule has 120 valence electrons. The Morgan fingerprint density at radius 3 is 2.96 bits per heavy atom. The van der Waals surface area contributed by atoms with Gasteiger partial charge in [0.15, 0.2) is 5.16 Å². The van der Waals surface area contributed by atoms with Crippen LogP contribution >= 0.6 is 11.8 Å². The third-order valence-corrected chi connectivity index (χ3v) is 4.80. The summed E-state index contributed by atoms with van der Waals surface area (Å²) in [5.41, 5.74) is 0.419. The number of piperidine rings is 1. The Balaban J connectivity index is 1.90. The zero-order valence-electron chi connectivity index (χ0n) is 13.4. The highest BCUT2D eigenvalue weighted by molar-refractivity contribution is 7.99. The van der Waals surface area contributed by atoms with Crippen LogP contribution in [-0.2, 0) is 0 Å². The fourth-order valence-corrected chi connectivity index (χ4v) is 3.78. The Kier molecular flexibility index (Phi) is 4.94. The van der Waals surface area contributed by atoms with E-state index in [2.05, 4.69) is 45.0 Å². The average molecular weight is 328 g/mol. The van der Waals surface area contributed by atoms with Crippen molar-refractivity contribution in [2.24, 2.45) is 0 Å². The van der Waals surface area contributed by atoms with E-state index in [0.717, 1.165) is 35.5 Å². The van der Waals surface area contributed by atoms with E-state index in [-0.39, 0.29) is 6.04 Å². The molecule has 23 heavy (non-hydrogen) atoms. The predicted molar refractivity (Wildman–Crippen MR) is 88.3 cm³/mol. The molecule has 0 saturated carbocycles. The molecule has 1 N–H and O–H groups in total. The second kappa shape index (κ2) is 7.11. The minimum Gasteiger partial charge on any atom is -0.316 e. The molecule has 1 saturated heterocycles. The summed E-state index contributed by atoms with van der Waals surface area (Å²) >= 11 is 1.46. The standard InChI is InChI=1S/C16H20N6S/c1-11(2)22-15(12-5-4-8-18-10-12)20-21-16(22)23-14-7-3-6-13(9-17)19-14/h3,6-7,11-12,18H,4-5,8,10H2,1-2H3. The summed E-state index contributed by atoms with van der Waals surface area (Å²) in [7, 11) is 0. The van der Waals surface area contributed by atoms with Gasteiger partial charge in [0.1, 0.15) is 22.6 Å². The van der Waals surface area contributed by atoms with E-state index in [4.69, 9.17) is 5.26 Å². The van der Waals surface area contributed by atoms with Crippen LogP contribution in [0.5, 0.6) is 0 Å². The number of aromatic nitrogens is 4. The summed E-state index contributed by atoms with van der Waals surface area (Å²) in [4.78, 5) is 4.32. The lowest BCUT2D eigenvalue weighted by atomic mass is 9.98. The zero-order chi connectivity index (χ0) is 16.2. The maximum absolute atomic E-state index is 8.98. The molecule has 1 atom stereocenters. The first-order valence-corrected chi connectivity index (χ1v) is 8.71. The third kappa shape index (κ3) is 3.54. The van der Waals surface area contributed by atoms with Gasteiger partial charge < -0.3 is 9.88 Å². The van der Waals surface area contributed by atoms with Crippen LogP contribution in [0.15, 0.2) is 28.4 Å². The molecular weight excluding hydrogens is 308 g/mol. The second-order valence-electron chi connectivity index (χ2n) is 5.92. The van der Waals surface area contributed by atoms with Crippen molar-refractivity contribution in [1.29, 1.82) is 5.26 Å². The van der Waals surface area contributed by atoms with Crippen molar-refractivity contribution in [3.05, 3.63) is 29.7 Å². The molecule has 0 aliphatic carbocycles. The number of pyridine rings is 1. The summed E-state index contributed by atoms with van der Waals surface area (Å²) in [6.45, 7) is 6.33.